The largest absolute Gasteiger partial charge is 0.329 e. The van der Waals surface area contributed by atoms with Crippen molar-refractivity contribution in [3.05, 3.63) is 0 Å². The fourth-order valence-corrected chi connectivity index (χ4v) is 2.85. The Hall–Kier alpha value is -0.220. The van der Waals surface area contributed by atoms with Gasteiger partial charge in [-0.25, -0.2) is 26.3 Å². The standard InChI is InChI=1S/C7H19N3O4S2/c1-3-7(6-8)16(13,14)10-5-4-9-15(2,11)12/h7,9-10H,3-6,8H2,1-2H3. The maximum absolute atomic E-state index is 11.5. The van der Waals surface area contributed by atoms with Gasteiger partial charge in [-0.3, -0.25) is 0 Å². The van der Waals surface area contributed by atoms with Gasteiger partial charge >= 0.3 is 0 Å². The molecule has 0 saturated heterocycles. The minimum absolute atomic E-state index is 0.0197. The summed E-state index contributed by atoms with van der Waals surface area (Å²) >= 11 is 0. The number of nitrogens with one attached hydrogen (secondary N) is 2. The zero-order chi connectivity index (χ0) is 12.8. The van der Waals surface area contributed by atoms with Crippen LogP contribution in [-0.4, -0.2) is 48.0 Å². The molecule has 4 N–H and O–H groups in total. The Morgan fingerprint density at radius 1 is 1.12 bits per heavy atom. The lowest BCUT2D eigenvalue weighted by molar-refractivity contribution is 0.557. The number of hydrogen-bond acceptors (Lipinski definition) is 5. The lowest BCUT2D eigenvalue weighted by Gasteiger charge is -2.14. The highest BCUT2D eigenvalue weighted by Gasteiger charge is 2.21. The molecule has 9 heteroatoms. The third kappa shape index (κ3) is 6.38. The van der Waals surface area contributed by atoms with Crippen LogP contribution in [0.3, 0.4) is 0 Å². The van der Waals surface area contributed by atoms with Crippen molar-refractivity contribution in [1.29, 1.82) is 0 Å². The van der Waals surface area contributed by atoms with Crippen molar-refractivity contribution in [3.8, 4) is 0 Å². The third-order valence-electron chi connectivity index (χ3n) is 1.95. The highest BCUT2D eigenvalue weighted by atomic mass is 32.2. The van der Waals surface area contributed by atoms with E-state index in [-0.39, 0.29) is 19.6 Å². The van der Waals surface area contributed by atoms with Crippen LogP contribution in [0.4, 0.5) is 0 Å². The van der Waals surface area contributed by atoms with Crippen molar-refractivity contribution in [3.63, 3.8) is 0 Å². The van der Waals surface area contributed by atoms with E-state index in [0.29, 0.717) is 6.42 Å². The molecule has 7 nitrogen and oxygen atoms in total. The Morgan fingerprint density at radius 2 is 1.62 bits per heavy atom. The summed E-state index contributed by atoms with van der Waals surface area (Å²) in [6.07, 6.45) is 1.43. The smallest absolute Gasteiger partial charge is 0.215 e. The molecule has 98 valence electrons. The molecule has 0 aliphatic rings. The first-order valence-corrected chi connectivity index (χ1v) is 8.30. The highest BCUT2D eigenvalue weighted by molar-refractivity contribution is 7.90. The summed E-state index contributed by atoms with van der Waals surface area (Å²) in [6, 6.07) is 0. The molecular formula is C7H19N3O4S2. The van der Waals surface area contributed by atoms with Gasteiger partial charge in [-0.15, -0.1) is 0 Å². The molecule has 1 unspecified atom stereocenters. The number of rotatable bonds is 8. The van der Waals surface area contributed by atoms with Gasteiger partial charge in [-0.05, 0) is 6.42 Å². The predicted octanol–water partition coefficient (Wildman–Crippen LogP) is -1.81. The monoisotopic (exact) mass is 273 g/mol. The lowest BCUT2D eigenvalue weighted by Crippen LogP contribution is -2.41. The second kappa shape index (κ2) is 6.50. The SMILES string of the molecule is CCC(CN)S(=O)(=O)NCCNS(C)(=O)=O. The molecule has 0 aliphatic heterocycles. The van der Waals surface area contributed by atoms with Crippen molar-refractivity contribution in [2.75, 3.05) is 25.9 Å². The van der Waals surface area contributed by atoms with Gasteiger partial charge < -0.3 is 5.73 Å². The molecule has 0 heterocycles. The Labute approximate surface area is 96.9 Å². The van der Waals surface area contributed by atoms with Gasteiger partial charge in [-0.1, -0.05) is 6.92 Å². The maximum Gasteiger partial charge on any atom is 0.215 e. The summed E-state index contributed by atoms with van der Waals surface area (Å²) in [4.78, 5) is 0. The Kier molecular flexibility index (Phi) is 6.41. The molecule has 1 atom stereocenters. The molecule has 0 aromatic heterocycles. The van der Waals surface area contributed by atoms with E-state index in [9.17, 15) is 16.8 Å². The van der Waals surface area contributed by atoms with Crippen molar-refractivity contribution < 1.29 is 16.8 Å². The summed E-state index contributed by atoms with van der Waals surface area (Å²) in [5, 5.41) is -0.634. The molecule has 0 fully saturated rings. The summed E-state index contributed by atoms with van der Waals surface area (Å²) in [5.41, 5.74) is 5.31. The zero-order valence-corrected chi connectivity index (χ0v) is 11.1. The number of nitrogens with two attached hydrogens (primary N) is 1. The molecule has 0 bridgehead atoms. The van der Waals surface area contributed by atoms with E-state index in [1.165, 1.54) is 0 Å². The van der Waals surface area contributed by atoms with Crippen LogP contribution < -0.4 is 15.2 Å². The maximum atomic E-state index is 11.5. The van der Waals surface area contributed by atoms with Crippen molar-refractivity contribution >= 4 is 20.0 Å². The van der Waals surface area contributed by atoms with E-state index in [1.807, 2.05) is 0 Å². The molecular weight excluding hydrogens is 254 g/mol. The second-order valence-corrected chi connectivity index (χ2v) is 7.25. The summed E-state index contributed by atoms with van der Waals surface area (Å²) in [6.45, 7) is 1.82. The zero-order valence-electron chi connectivity index (χ0n) is 9.43. The van der Waals surface area contributed by atoms with Crippen LogP contribution in [0.15, 0.2) is 0 Å². The van der Waals surface area contributed by atoms with Crippen LogP contribution in [0, 0.1) is 0 Å². The first kappa shape index (κ1) is 15.8. The van der Waals surface area contributed by atoms with E-state index in [1.54, 1.807) is 6.92 Å². The quantitative estimate of drug-likeness (QED) is 0.451. The van der Waals surface area contributed by atoms with Gasteiger partial charge in [0.25, 0.3) is 0 Å². The van der Waals surface area contributed by atoms with E-state index in [2.05, 4.69) is 9.44 Å². The molecule has 16 heavy (non-hydrogen) atoms. The second-order valence-electron chi connectivity index (χ2n) is 3.37. The van der Waals surface area contributed by atoms with Crippen LogP contribution in [0.1, 0.15) is 13.3 Å². The summed E-state index contributed by atoms with van der Waals surface area (Å²) in [7, 11) is -6.73. The Balaban J connectivity index is 4.11. The van der Waals surface area contributed by atoms with Gasteiger partial charge in [0.05, 0.1) is 11.5 Å². The van der Waals surface area contributed by atoms with Crippen LogP contribution in [0.25, 0.3) is 0 Å². The number of hydrogen-bond donors (Lipinski definition) is 3. The molecule has 0 aromatic carbocycles. The van der Waals surface area contributed by atoms with Crippen molar-refractivity contribution in [1.82, 2.24) is 9.44 Å². The van der Waals surface area contributed by atoms with Gasteiger partial charge in [0.2, 0.25) is 20.0 Å². The molecule has 0 amide bonds. The topological polar surface area (TPSA) is 118 Å². The van der Waals surface area contributed by atoms with E-state index < -0.39 is 25.3 Å². The van der Waals surface area contributed by atoms with Crippen LogP contribution in [-0.2, 0) is 20.0 Å². The summed E-state index contributed by atoms with van der Waals surface area (Å²) < 4.78 is 49.0. The first-order valence-electron chi connectivity index (χ1n) is 4.86. The van der Waals surface area contributed by atoms with Gasteiger partial charge in [-0.2, -0.15) is 0 Å². The fourth-order valence-electron chi connectivity index (χ4n) is 1.06. The normalized spacial score (nSPS) is 14.9. The summed E-state index contributed by atoms with van der Waals surface area (Å²) in [5.74, 6) is 0. The van der Waals surface area contributed by atoms with Gasteiger partial charge in [0, 0.05) is 19.6 Å². The minimum atomic E-state index is -3.45. The van der Waals surface area contributed by atoms with Crippen LogP contribution in [0.2, 0.25) is 0 Å². The lowest BCUT2D eigenvalue weighted by atomic mass is 10.3. The van der Waals surface area contributed by atoms with E-state index in [0.717, 1.165) is 6.26 Å². The highest BCUT2D eigenvalue weighted by Crippen LogP contribution is 2.01. The van der Waals surface area contributed by atoms with E-state index >= 15 is 0 Å². The fraction of sp³-hybridized carbons (Fsp3) is 1.00. The Morgan fingerprint density at radius 3 is 2.00 bits per heavy atom. The predicted molar refractivity (Wildman–Crippen MR) is 62.9 cm³/mol. The van der Waals surface area contributed by atoms with Crippen LogP contribution >= 0.6 is 0 Å². The average Bonchev–Trinajstić information content (AvgIpc) is 2.12. The van der Waals surface area contributed by atoms with E-state index in [4.69, 9.17) is 5.73 Å². The molecule has 0 aromatic rings. The molecule has 0 spiro atoms. The van der Waals surface area contributed by atoms with Crippen LogP contribution in [0.5, 0.6) is 0 Å². The van der Waals surface area contributed by atoms with Crippen molar-refractivity contribution in [2.45, 2.75) is 18.6 Å². The molecule has 0 rings (SSSR count). The molecule has 0 aliphatic carbocycles. The molecule has 0 saturated carbocycles. The third-order valence-corrected chi connectivity index (χ3v) is 4.69. The minimum Gasteiger partial charge on any atom is -0.329 e. The number of sulfonamides is 2. The van der Waals surface area contributed by atoms with Gasteiger partial charge in [0.1, 0.15) is 0 Å². The molecule has 0 radical (unpaired) electrons. The van der Waals surface area contributed by atoms with Crippen molar-refractivity contribution in [2.24, 2.45) is 5.73 Å². The Bertz CT molecular complexity index is 386. The first-order chi connectivity index (χ1) is 7.23. The average molecular weight is 273 g/mol. The van der Waals surface area contributed by atoms with Gasteiger partial charge in [0.15, 0.2) is 0 Å².